The van der Waals surface area contributed by atoms with E-state index in [0.717, 1.165) is 41.4 Å². The average Bonchev–Trinajstić information content (AvgIpc) is 3.48. The molecule has 4 rings (SSSR count). The molecular formula is C24H29IN4O3. The second-order valence-corrected chi connectivity index (χ2v) is 7.54. The van der Waals surface area contributed by atoms with Gasteiger partial charge >= 0.3 is 0 Å². The molecule has 0 saturated carbocycles. The predicted octanol–water partition coefficient (Wildman–Crippen LogP) is 4.30. The predicted molar refractivity (Wildman–Crippen MR) is 135 cm³/mol. The molecule has 1 saturated heterocycles. The molecule has 8 heteroatoms. The third kappa shape index (κ3) is 6.46. The highest BCUT2D eigenvalue weighted by Gasteiger charge is 2.19. The highest BCUT2D eigenvalue weighted by Crippen LogP contribution is 2.24. The Labute approximate surface area is 205 Å². The summed E-state index contributed by atoms with van der Waals surface area (Å²) in [7, 11) is 1.75. The molecule has 32 heavy (non-hydrogen) atoms. The van der Waals surface area contributed by atoms with Crippen LogP contribution in [0.4, 0.5) is 0 Å². The van der Waals surface area contributed by atoms with Crippen LogP contribution in [-0.4, -0.2) is 37.5 Å². The quantitative estimate of drug-likeness (QED) is 0.261. The van der Waals surface area contributed by atoms with Gasteiger partial charge in [-0.05, 0) is 18.6 Å². The number of nitrogens with one attached hydrogen (secondary N) is 2. The summed E-state index contributed by atoms with van der Waals surface area (Å²) in [6, 6.07) is 18.1. The Kier molecular flexibility index (Phi) is 8.92. The van der Waals surface area contributed by atoms with Crippen LogP contribution in [0, 0.1) is 6.92 Å². The molecule has 2 aromatic carbocycles. The van der Waals surface area contributed by atoms with Crippen LogP contribution in [0.1, 0.15) is 23.2 Å². The van der Waals surface area contributed by atoms with Crippen LogP contribution in [0.3, 0.4) is 0 Å². The van der Waals surface area contributed by atoms with Gasteiger partial charge in [0.15, 0.2) is 11.7 Å². The maximum Gasteiger partial charge on any atom is 0.191 e. The van der Waals surface area contributed by atoms with Crippen LogP contribution < -0.4 is 15.4 Å². The second kappa shape index (κ2) is 11.9. The molecule has 170 valence electrons. The van der Waals surface area contributed by atoms with Crippen LogP contribution in [0.2, 0.25) is 0 Å². The van der Waals surface area contributed by atoms with Crippen molar-refractivity contribution in [1.29, 1.82) is 0 Å². The van der Waals surface area contributed by atoms with Gasteiger partial charge in [0.2, 0.25) is 0 Å². The maximum atomic E-state index is 6.18. The lowest BCUT2D eigenvalue weighted by molar-refractivity contribution is 0.140. The fourth-order valence-electron chi connectivity index (χ4n) is 3.41. The van der Waals surface area contributed by atoms with Crippen LogP contribution in [-0.2, 0) is 17.8 Å². The van der Waals surface area contributed by atoms with E-state index in [1.54, 1.807) is 7.05 Å². The Balaban J connectivity index is 0.00000289. The van der Waals surface area contributed by atoms with Crippen molar-refractivity contribution in [3.05, 3.63) is 71.4 Å². The second-order valence-electron chi connectivity index (χ2n) is 7.54. The fourth-order valence-corrected chi connectivity index (χ4v) is 3.41. The molecule has 1 atom stereocenters. The summed E-state index contributed by atoms with van der Waals surface area (Å²) >= 11 is 0. The van der Waals surface area contributed by atoms with Gasteiger partial charge in [-0.1, -0.05) is 47.6 Å². The van der Waals surface area contributed by atoms with E-state index in [1.165, 1.54) is 5.56 Å². The van der Waals surface area contributed by atoms with Gasteiger partial charge in [0.1, 0.15) is 17.5 Å². The molecule has 0 bridgehead atoms. The van der Waals surface area contributed by atoms with Crippen molar-refractivity contribution in [1.82, 2.24) is 15.8 Å². The highest BCUT2D eigenvalue weighted by atomic mass is 127. The first-order chi connectivity index (χ1) is 15.2. The monoisotopic (exact) mass is 548 g/mol. The van der Waals surface area contributed by atoms with E-state index in [9.17, 15) is 0 Å². The lowest BCUT2D eigenvalue weighted by atomic mass is 10.1. The zero-order chi connectivity index (χ0) is 21.5. The van der Waals surface area contributed by atoms with Crippen molar-refractivity contribution in [3.63, 3.8) is 0 Å². The molecule has 2 N–H and O–H groups in total. The molecule has 0 spiro atoms. The number of rotatable bonds is 7. The van der Waals surface area contributed by atoms with Gasteiger partial charge in [-0.15, -0.1) is 24.0 Å². The maximum absolute atomic E-state index is 6.18. The first kappa shape index (κ1) is 24.1. The molecule has 0 amide bonds. The van der Waals surface area contributed by atoms with E-state index in [-0.39, 0.29) is 30.1 Å². The third-order valence-corrected chi connectivity index (χ3v) is 5.13. The first-order valence-corrected chi connectivity index (χ1v) is 10.5. The van der Waals surface area contributed by atoms with Crippen molar-refractivity contribution in [2.45, 2.75) is 32.5 Å². The van der Waals surface area contributed by atoms with Crippen molar-refractivity contribution in [3.8, 4) is 17.1 Å². The van der Waals surface area contributed by atoms with Crippen molar-refractivity contribution < 1.29 is 14.0 Å². The molecule has 1 unspecified atom stereocenters. The van der Waals surface area contributed by atoms with Crippen LogP contribution in [0.15, 0.2) is 64.1 Å². The van der Waals surface area contributed by atoms with Gasteiger partial charge in [-0.2, -0.15) is 0 Å². The summed E-state index contributed by atoms with van der Waals surface area (Å²) in [6.07, 6.45) is 1.04. The topological polar surface area (TPSA) is 80.9 Å². The number of hydrogen-bond acceptors (Lipinski definition) is 5. The first-order valence-electron chi connectivity index (χ1n) is 10.5. The van der Waals surface area contributed by atoms with Gasteiger partial charge in [0, 0.05) is 37.2 Å². The van der Waals surface area contributed by atoms with E-state index < -0.39 is 0 Å². The molecule has 0 aliphatic carbocycles. The van der Waals surface area contributed by atoms with Gasteiger partial charge < -0.3 is 24.6 Å². The van der Waals surface area contributed by atoms with E-state index in [1.807, 2.05) is 36.4 Å². The van der Waals surface area contributed by atoms with E-state index >= 15 is 0 Å². The minimum absolute atomic E-state index is 0. The molecule has 1 aromatic heterocycles. The van der Waals surface area contributed by atoms with Crippen LogP contribution in [0.25, 0.3) is 11.3 Å². The number of aliphatic imine (C=N–C) groups is 1. The van der Waals surface area contributed by atoms with Crippen molar-refractivity contribution in [2.24, 2.45) is 4.99 Å². The molecular weight excluding hydrogens is 519 g/mol. The number of benzene rings is 2. The third-order valence-electron chi connectivity index (χ3n) is 5.13. The van der Waals surface area contributed by atoms with Gasteiger partial charge in [-0.25, -0.2) is 0 Å². The van der Waals surface area contributed by atoms with Gasteiger partial charge in [0.25, 0.3) is 0 Å². The normalized spacial score (nSPS) is 15.8. The Morgan fingerprint density at radius 1 is 1.12 bits per heavy atom. The van der Waals surface area contributed by atoms with Crippen molar-refractivity contribution in [2.75, 3.05) is 20.3 Å². The Bertz CT molecular complexity index is 1020. The fraction of sp³-hybridized carbons (Fsp3) is 0.333. The SMILES string of the molecule is CN=C(NCc1cc(-c2ccccc2)on1)NCc1ccc(C)cc1OC1CCOC1.I. The van der Waals surface area contributed by atoms with E-state index in [0.29, 0.717) is 25.7 Å². The molecule has 2 heterocycles. The van der Waals surface area contributed by atoms with Crippen molar-refractivity contribution >= 4 is 29.9 Å². The summed E-state index contributed by atoms with van der Waals surface area (Å²) in [5, 5.41) is 10.8. The number of halogens is 1. The molecule has 3 aromatic rings. The van der Waals surface area contributed by atoms with Gasteiger partial charge in [0.05, 0.1) is 19.8 Å². The number of hydrogen-bond donors (Lipinski definition) is 2. The number of ether oxygens (including phenoxy) is 2. The lowest BCUT2D eigenvalue weighted by Gasteiger charge is -2.18. The van der Waals surface area contributed by atoms with E-state index in [4.69, 9.17) is 14.0 Å². The smallest absolute Gasteiger partial charge is 0.191 e. The highest BCUT2D eigenvalue weighted by molar-refractivity contribution is 14.0. The standard InChI is InChI=1S/C24H28N4O3.HI/c1-17-8-9-19(22(12-17)30-21-10-11-29-16-21)14-26-24(25-2)27-15-20-13-23(31-28-20)18-6-4-3-5-7-18;/h3-9,12-13,21H,10-11,14-16H2,1-2H3,(H2,25,26,27);1H. The van der Waals surface area contributed by atoms with Crippen LogP contribution >= 0.6 is 24.0 Å². The minimum atomic E-state index is 0. The minimum Gasteiger partial charge on any atom is -0.488 e. The van der Waals surface area contributed by atoms with Gasteiger partial charge in [-0.3, -0.25) is 4.99 Å². The largest absolute Gasteiger partial charge is 0.488 e. The zero-order valence-corrected chi connectivity index (χ0v) is 20.7. The molecule has 7 nitrogen and oxygen atoms in total. The summed E-state index contributed by atoms with van der Waals surface area (Å²) in [5.41, 5.74) is 4.05. The number of aryl methyl sites for hydroxylation is 1. The average molecular weight is 548 g/mol. The number of guanidine groups is 1. The Hall–Kier alpha value is -2.59. The van der Waals surface area contributed by atoms with Crippen LogP contribution in [0.5, 0.6) is 5.75 Å². The zero-order valence-electron chi connectivity index (χ0n) is 18.3. The lowest BCUT2D eigenvalue weighted by Crippen LogP contribution is -2.36. The van der Waals surface area contributed by atoms with E-state index in [2.05, 4.69) is 45.9 Å². The summed E-state index contributed by atoms with van der Waals surface area (Å²) in [6.45, 7) is 4.57. The number of nitrogens with zero attached hydrogens (tertiary/aromatic N) is 2. The summed E-state index contributed by atoms with van der Waals surface area (Å²) in [4.78, 5) is 4.31. The number of aromatic nitrogens is 1. The molecule has 0 radical (unpaired) electrons. The summed E-state index contributed by atoms with van der Waals surface area (Å²) < 4.78 is 17.1. The molecule has 1 aliphatic heterocycles. The molecule has 1 fully saturated rings. The molecule has 1 aliphatic rings. The Morgan fingerprint density at radius 2 is 1.94 bits per heavy atom. The Morgan fingerprint density at radius 3 is 2.69 bits per heavy atom. The summed E-state index contributed by atoms with van der Waals surface area (Å²) in [5.74, 6) is 2.32.